The van der Waals surface area contributed by atoms with Crippen LogP contribution in [0.5, 0.6) is 0 Å². The molecule has 1 aliphatic carbocycles. The van der Waals surface area contributed by atoms with Crippen molar-refractivity contribution < 1.29 is 22.4 Å². The minimum Gasteiger partial charge on any atom is -0.352 e. The molecule has 0 aliphatic heterocycles. The fourth-order valence-electron chi connectivity index (χ4n) is 5.82. The molecule has 0 radical (unpaired) electrons. The molecule has 10 heteroatoms. The van der Waals surface area contributed by atoms with Gasteiger partial charge in [-0.3, -0.25) is 13.9 Å². The van der Waals surface area contributed by atoms with Gasteiger partial charge < -0.3 is 10.2 Å². The Morgan fingerprint density at radius 1 is 0.826 bits per heavy atom. The van der Waals surface area contributed by atoms with Crippen molar-refractivity contribution in [1.82, 2.24) is 10.2 Å². The number of rotatable bonds is 12. The summed E-state index contributed by atoms with van der Waals surface area (Å²) in [7, 11) is -4.39. The zero-order chi connectivity index (χ0) is 32.5. The van der Waals surface area contributed by atoms with Crippen molar-refractivity contribution in [3.05, 3.63) is 131 Å². The fraction of sp³-hybridized carbons (Fsp3) is 0.278. The number of hydrogen-bond acceptors (Lipinski definition) is 4. The lowest BCUT2D eigenvalue weighted by molar-refractivity contribution is -0.140. The monoisotopic (exact) mass is 661 g/mol. The Morgan fingerprint density at radius 2 is 1.46 bits per heavy atom. The lowest BCUT2D eigenvalue weighted by Gasteiger charge is -2.35. The highest BCUT2D eigenvalue weighted by molar-refractivity contribution is 7.92. The van der Waals surface area contributed by atoms with Crippen molar-refractivity contribution in [2.24, 2.45) is 0 Å². The number of carbonyl (C=O) groups is 2. The Morgan fingerprint density at radius 3 is 2.13 bits per heavy atom. The van der Waals surface area contributed by atoms with E-state index in [1.807, 2.05) is 30.3 Å². The number of anilines is 1. The first-order valence-electron chi connectivity index (χ1n) is 15.4. The molecule has 0 bridgehead atoms. The van der Waals surface area contributed by atoms with E-state index in [-0.39, 0.29) is 35.5 Å². The largest absolute Gasteiger partial charge is 0.352 e. The van der Waals surface area contributed by atoms with Crippen LogP contribution in [-0.2, 0) is 32.6 Å². The number of sulfonamides is 1. The first-order valence-corrected chi connectivity index (χ1v) is 17.2. The average molecular weight is 662 g/mol. The Hall–Kier alpha value is -4.21. The Bertz CT molecular complexity index is 1730. The highest BCUT2D eigenvalue weighted by Gasteiger charge is 2.36. The van der Waals surface area contributed by atoms with Crippen LogP contribution in [0.4, 0.5) is 10.1 Å². The summed E-state index contributed by atoms with van der Waals surface area (Å²) in [6.45, 7) is -0.758. The van der Waals surface area contributed by atoms with Gasteiger partial charge in [-0.15, -0.1) is 0 Å². The van der Waals surface area contributed by atoms with Gasteiger partial charge in [-0.25, -0.2) is 12.8 Å². The lowest BCUT2D eigenvalue weighted by Crippen LogP contribution is -2.55. The summed E-state index contributed by atoms with van der Waals surface area (Å²) in [4.78, 5) is 29.9. The third kappa shape index (κ3) is 8.33. The number of halogens is 2. The van der Waals surface area contributed by atoms with Crippen LogP contribution in [0.15, 0.2) is 114 Å². The molecule has 1 unspecified atom stereocenters. The van der Waals surface area contributed by atoms with Crippen LogP contribution in [0.3, 0.4) is 0 Å². The van der Waals surface area contributed by atoms with Crippen molar-refractivity contribution in [2.45, 2.75) is 62.0 Å². The van der Waals surface area contributed by atoms with Gasteiger partial charge in [-0.05, 0) is 60.4 Å². The predicted octanol–water partition coefficient (Wildman–Crippen LogP) is 6.76. The molecule has 46 heavy (non-hydrogen) atoms. The Labute approximate surface area is 275 Å². The molecule has 5 rings (SSSR count). The van der Waals surface area contributed by atoms with E-state index in [1.165, 1.54) is 35.2 Å². The highest BCUT2D eigenvalue weighted by atomic mass is 35.5. The summed E-state index contributed by atoms with van der Waals surface area (Å²) in [5, 5.41) is 3.63. The maximum absolute atomic E-state index is 15.3. The van der Waals surface area contributed by atoms with Gasteiger partial charge in [0.25, 0.3) is 10.0 Å². The molecule has 4 aromatic rings. The van der Waals surface area contributed by atoms with Crippen LogP contribution < -0.4 is 9.62 Å². The maximum Gasteiger partial charge on any atom is 0.264 e. The first-order chi connectivity index (χ1) is 22.2. The first kappa shape index (κ1) is 33.2. The molecule has 1 N–H and O–H groups in total. The zero-order valence-corrected chi connectivity index (χ0v) is 27.0. The third-order valence-corrected chi connectivity index (χ3v) is 10.2. The topological polar surface area (TPSA) is 86.8 Å². The molecule has 2 amide bonds. The van der Waals surface area contributed by atoms with E-state index in [2.05, 4.69) is 5.32 Å². The van der Waals surface area contributed by atoms with Gasteiger partial charge in [-0.2, -0.15) is 0 Å². The van der Waals surface area contributed by atoms with E-state index in [0.29, 0.717) is 10.6 Å². The Kier molecular flexibility index (Phi) is 11.1. The van der Waals surface area contributed by atoms with Gasteiger partial charge in [-0.1, -0.05) is 104 Å². The molecule has 0 aromatic heterocycles. The summed E-state index contributed by atoms with van der Waals surface area (Å²) in [6.07, 6.45) is 5.02. The molecule has 1 atom stereocenters. The van der Waals surface area contributed by atoms with E-state index < -0.39 is 34.3 Å². The number of para-hydroxylation sites is 1. The van der Waals surface area contributed by atoms with E-state index in [1.54, 1.807) is 42.5 Å². The molecule has 7 nitrogen and oxygen atoms in total. The zero-order valence-electron chi connectivity index (χ0n) is 25.4. The predicted molar refractivity (Wildman–Crippen MR) is 178 cm³/mol. The van der Waals surface area contributed by atoms with Gasteiger partial charge in [0.15, 0.2) is 0 Å². The van der Waals surface area contributed by atoms with Crippen LogP contribution in [-0.4, -0.2) is 43.8 Å². The second-order valence-electron chi connectivity index (χ2n) is 11.5. The van der Waals surface area contributed by atoms with Gasteiger partial charge in [0, 0.05) is 24.0 Å². The van der Waals surface area contributed by atoms with Crippen molar-refractivity contribution in [3.8, 4) is 0 Å². The number of amides is 2. The minimum atomic E-state index is -4.39. The van der Waals surface area contributed by atoms with Crippen molar-refractivity contribution in [1.29, 1.82) is 0 Å². The maximum atomic E-state index is 15.3. The summed E-state index contributed by atoms with van der Waals surface area (Å²) < 4.78 is 44.0. The van der Waals surface area contributed by atoms with Crippen LogP contribution >= 0.6 is 11.6 Å². The molecular weight excluding hydrogens is 625 g/mol. The van der Waals surface area contributed by atoms with Gasteiger partial charge >= 0.3 is 0 Å². The highest BCUT2D eigenvalue weighted by Crippen LogP contribution is 2.28. The van der Waals surface area contributed by atoms with Gasteiger partial charge in [0.05, 0.1) is 10.6 Å². The molecule has 1 fully saturated rings. The second-order valence-corrected chi connectivity index (χ2v) is 13.8. The van der Waals surface area contributed by atoms with E-state index in [4.69, 9.17) is 11.6 Å². The molecule has 4 aromatic carbocycles. The molecule has 0 saturated heterocycles. The van der Waals surface area contributed by atoms with E-state index in [0.717, 1.165) is 48.0 Å². The van der Waals surface area contributed by atoms with Gasteiger partial charge in [0.2, 0.25) is 11.8 Å². The SMILES string of the molecule is O=C(NC1CCCCC1)C(Cc1ccccc1)N(Cc1cccc(Cl)c1)C(=O)CN(c1ccccc1F)S(=O)(=O)c1ccccc1. The molecule has 0 spiro atoms. The molecule has 1 saturated carbocycles. The van der Waals surface area contributed by atoms with Crippen molar-refractivity contribution in [2.75, 3.05) is 10.8 Å². The smallest absolute Gasteiger partial charge is 0.264 e. The summed E-state index contributed by atoms with van der Waals surface area (Å²) >= 11 is 6.31. The van der Waals surface area contributed by atoms with E-state index in [9.17, 15) is 18.0 Å². The summed E-state index contributed by atoms with van der Waals surface area (Å²) in [6, 6.07) is 28.3. The molecule has 0 heterocycles. The molecular formula is C36H37ClFN3O4S. The van der Waals surface area contributed by atoms with Crippen LogP contribution in [0.25, 0.3) is 0 Å². The fourth-order valence-corrected chi connectivity index (χ4v) is 7.47. The quantitative estimate of drug-likeness (QED) is 0.182. The third-order valence-electron chi connectivity index (χ3n) is 8.20. The standard InChI is InChI=1S/C36H37ClFN3O4S/c37-29-16-12-15-28(23-29)25-40(34(24-27-13-4-1-5-14-27)36(43)39-30-17-6-2-7-18-30)35(42)26-41(33-22-11-10-21-32(33)38)46(44,45)31-19-8-3-9-20-31/h1,3-5,8-16,19-23,30,34H,2,6-7,17-18,24-26H2,(H,39,43). The normalized spacial score (nSPS) is 14.3. The van der Waals surface area contributed by atoms with Crippen LogP contribution in [0.1, 0.15) is 43.2 Å². The number of hydrogen-bond donors (Lipinski definition) is 1. The van der Waals surface area contributed by atoms with Crippen LogP contribution in [0.2, 0.25) is 5.02 Å². The molecule has 1 aliphatic rings. The summed E-state index contributed by atoms with van der Waals surface area (Å²) in [5.74, 6) is -1.79. The Balaban J connectivity index is 1.56. The summed E-state index contributed by atoms with van der Waals surface area (Å²) in [5.41, 5.74) is 1.22. The van der Waals surface area contributed by atoms with E-state index >= 15 is 4.39 Å². The lowest BCUT2D eigenvalue weighted by atomic mass is 9.94. The van der Waals surface area contributed by atoms with Crippen molar-refractivity contribution >= 4 is 39.1 Å². The number of nitrogens with zero attached hydrogens (tertiary/aromatic N) is 2. The minimum absolute atomic E-state index is 0.0176. The number of benzene rings is 4. The average Bonchev–Trinajstić information content (AvgIpc) is 3.07. The van der Waals surface area contributed by atoms with Gasteiger partial charge in [0.1, 0.15) is 18.4 Å². The molecule has 240 valence electrons. The van der Waals surface area contributed by atoms with Crippen molar-refractivity contribution in [3.63, 3.8) is 0 Å². The van der Waals surface area contributed by atoms with Crippen LogP contribution in [0, 0.1) is 5.82 Å². The number of nitrogens with one attached hydrogen (secondary N) is 1. The second kappa shape index (κ2) is 15.4. The number of carbonyl (C=O) groups excluding carboxylic acids is 2.